The van der Waals surface area contributed by atoms with E-state index in [1.54, 1.807) is 6.07 Å². The Bertz CT molecular complexity index is 563. The lowest BCUT2D eigenvalue weighted by Gasteiger charge is -2.11. The zero-order chi connectivity index (χ0) is 14.4. The molecule has 0 saturated heterocycles. The summed E-state index contributed by atoms with van der Waals surface area (Å²) in [5.74, 6) is 0.518. The van der Waals surface area contributed by atoms with Crippen LogP contribution in [0.5, 0.6) is 5.75 Å². The summed E-state index contributed by atoms with van der Waals surface area (Å²) in [5.41, 5.74) is 6.92. The highest BCUT2D eigenvalue weighted by Gasteiger charge is 2.05. The van der Waals surface area contributed by atoms with Crippen molar-refractivity contribution in [3.8, 4) is 5.75 Å². The van der Waals surface area contributed by atoms with E-state index in [0.717, 1.165) is 12.2 Å². The topological polar surface area (TPSA) is 47.3 Å². The quantitative estimate of drug-likeness (QED) is 0.617. The summed E-state index contributed by atoms with van der Waals surface area (Å²) in [7, 11) is 0. The molecule has 0 aromatic heterocycles. The predicted octanol–water partition coefficient (Wildman–Crippen LogP) is 4.05. The van der Waals surface area contributed by atoms with E-state index in [1.807, 2.05) is 30.3 Å². The zero-order valence-corrected chi connectivity index (χ0v) is 12.5. The van der Waals surface area contributed by atoms with E-state index in [0.29, 0.717) is 29.0 Å². The van der Waals surface area contributed by atoms with Crippen LogP contribution in [-0.4, -0.2) is 13.2 Å². The van der Waals surface area contributed by atoms with E-state index in [2.05, 4.69) is 21.2 Å². The highest BCUT2D eigenvalue weighted by molar-refractivity contribution is 9.10. The minimum atomic E-state index is -0.331. The Balaban J connectivity index is 1.75. The summed E-state index contributed by atoms with van der Waals surface area (Å²) >= 11 is 3.10. The molecule has 0 radical (unpaired) electrons. The fraction of sp³-hybridized carbons (Fsp3) is 0.200. The number of benzene rings is 2. The van der Waals surface area contributed by atoms with E-state index in [-0.39, 0.29) is 5.82 Å². The van der Waals surface area contributed by atoms with Crippen molar-refractivity contribution in [1.29, 1.82) is 0 Å². The van der Waals surface area contributed by atoms with Gasteiger partial charge in [-0.2, -0.15) is 0 Å². The first-order valence-corrected chi connectivity index (χ1v) is 7.12. The molecule has 0 atom stereocenters. The van der Waals surface area contributed by atoms with E-state index >= 15 is 0 Å². The van der Waals surface area contributed by atoms with Crippen molar-refractivity contribution in [3.05, 3.63) is 52.8 Å². The zero-order valence-electron chi connectivity index (χ0n) is 10.9. The summed E-state index contributed by atoms with van der Waals surface area (Å²) < 4.78 is 19.3. The average Bonchev–Trinajstić information content (AvgIpc) is 2.45. The van der Waals surface area contributed by atoms with Gasteiger partial charge >= 0.3 is 0 Å². The summed E-state index contributed by atoms with van der Waals surface area (Å²) in [5, 5.41) is 3.10. The largest absolute Gasteiger partial charge is 0.494 e. The molecular formula is C15H16BrFN2O. The van der Waals surface area contributed by atoms with E-state index in [4.69, 9.17) is 10.5 Å². The highest BCUT2D eigenvalue weighted by Crippen LogP contribution is 2.26. The van der Waals surface area contributed by atoms with E-state index in [9.17, 15) is 4.39 Å². The molecule has 0 amide bonds. The van der Waals surface area contributed by atoms with Gasteiger partial charge in [-0.05, 0) is 40.5 Å². The first-order valence-electron chi connectivity index (χ1n) is 6.33. The molecule has 0 aliphatic rings. The summed E-state index contributed by atoms with van der Waals surface area (Å²) in [6.45, 7) is 1.26. The van der Waals surface area contributed by atoms with Gasteiger partial charge in [-0.3, -0.25) is 0 Å². The first kappa shape index (κ1) is 14.7. The Labute approximate surface area is 126 Å². The Kier molecular flexibility index (Phi) is 5.24. The maximum Gasteiger partial charge on any atom is 0.139 e. The fourth-order valence-corrected chi connectivity index (χ4v) is 2.08. The number of anilines is 2. The Hall–Kier alpha value is -1.75. The van der Waals surface area contributed by atoms with Gasteiger partial charge in [0.15, 0.2) is 0 Å². The molecule has 0 aliphatic carbocycles. The molecule has 0 heterocycles. The fourth-order valence-electron chi connectivity index (χ4n) is 1.72. The van der Waals surface area contributed by atoms with Crippen LogP contribution >= 0.6 is 15.9 Å². The van der Waals surface area contributed by atoms with Crippen molar-refractivity contribution >= 4 is 27.3 Å². The standard InChI is InChI=1S/C15H16BrFN2O/c16-12-9-14(18)15(10-13(12)17)19-7-4-8-20-11-5-2-1-3-6-11/h1-3,5-6,9-10,19H,4,7-8,18H2. The smallest absolute Gasteiger partial charge is 0.139 e. The monoisotopic (exact) mass is 338 g/mol. The van der Waals surface area contributed by atoms with Crippen molar-refractivity contribution in [2.45, 2.75) is 6.42 Å². The number of rotatable bonds is 6. The average molecular weight is 339 g/mol. The van der Waals surface area contributed by atoms with Crippen molar-refractivity contribution in [2.24, 2.45) is 0 Å². The molecule has 2 aromatic carbocycles. The normalized spacial score (nSPS) is 10.3. The maximum atomic E-state index is 13.4. The summed E-state index contributed by atoms with van der Waals surface area (Å²) in [6, 6.07) is 12.6. The van der Waals surface area contributed by atoms with Crippen LogP contribution in [0.25, 0.3) is 0 Å². The van der Waals surface area contributed by atoms with Crippen LogP contribution in [0.15, 0.2) is 46.9 Å². The van der Waals surface area contributed by atoms with Gasteiger partial charge in [0, 0.05) is 12.6 Å². The second kappa shape index (κ2) is 7.14. The second-order valence-corrected chi connectivity index (χ2v) is 5.15. The van der Waals surface area contributed by atoms with Crippen molar-refractivity contribution in [1.82, 2.24) is 0 Å². The number of halogens is 2. The number of nitrogen functional groups attached to an aromatic ring is 1. The molecule has 0 saturated carbocycles. The van der Waals surface area contributed by atoms with E-state index in [1.165, 1.54) is 6.07 Å². The first-order chi connectivity index (χ1) is 9.66. The Morgan fingerprint density at radius 3 is 2.70 bits per heavy atom. The SMILES string of the molecule is Nc1cc(Br)c(F)cc1NCCCOc1ccccc1. The molecule has 3 nitrogen and oxygen atoms in total. The Morgan fingerprint density at radius 2 is 1.95 bits per heavy atom. The molecule has 0 spiro atoms. The third-order valence-corrected chi connectivity index (χ3v) is 3.35. The van der Waals surface area contributed by atoms with Crippen LogP contribution in [0.2, 0.25) is 0 Å². The van der Waals surface area contributed by atoms with Crippen molar-refractivity contribution < 1.29 is 9.13 Å². The van der Waals surface area contributed by atoms with Gasteiger partial charge in [-0.15, -0.1) is 0 Å². The molecule has 5 heteroatoms. The van der Waals surface area contributed by atoms with Gasteiger partial charge in [-0.25, -0.2) is 4.39 Å². The minimum absolute atomic E-state index is 0.331. The lowest BCUT2D eigenvalue weighted by atomic mass is 10.2. The number of nitrogens with one attached hydrogen (secondary N) is 1. The molecule has 2 rings (SSSR count). The molecule has 20 heavy (non-hydrogen) atoms. The maximum absolute atomic E-state index is 13.4. The van der Waals surface area contributed by atoms with Crippen molar-refractivity contribution in [2.75, 3.05) is 24.2 Å². The van der Waals surface area contributed by atoms with Crippen LogP contribution < -0.4 is 15.8 Å². The molecule has 0 aliphatic heterocycles. The molecular weight excluding hydrogens is 323 g/mol. The molecule has 0 fully saturated rings. The number of para-hydroxylation sites is 1. The van der Waals surface area contributed by atoms with Crippen LogP contribution in [0.1, 0.15) is 6.42 Å². The molecule has 0 bridgehead atoms. The summed E-state index contributed by atoms with van der Waals surface area (Å²) in [4.78, 5) is 0. The van der Waals surface area contributed by atoms with Gasteiger partial charge in [-0.1, -0.05) is 18.2 Å². The molecule has 0 unspecified atom stereocenters. The van der Waals surface area contributed by atoms with Gasteiger partial charge in [0.25, 0.3) is 0 Å². The number of nitrogens with two attached hydrogens (primary N) is 1. The van der Waals surface area contributed by atoms with Crippen LogP contribution in [0.3, 0.4) is 0 Å². The number of ether oxygens (including phenoxy) is 1. The molecule has 106 valence electrons. The number of hydrogen-bond donors (Lipinski definition) is 2. The molecule has 2 aromatic rings. The molecule has 3 N–H and O–H groups in total. The van der Waals surface area contributed by atoms with Crippen LogP contribution in [-0.2, 0) is 0 Å². The van der Waals surface area contributed by atoms with Crippen LogP contribution in [0, 0.1) is 5.82 Å². The number of hydrogen-bond acceptors (Lipinski definition) is 3. The predicted molar refractivity (Wildman–Crippen MR) is 83.6 cm³/mol. The van der Waals surface area contributed by atoms with Gasteiger partial charge in [0.1, 0.15) is 11.6 Å². The van der Waals surface area contributed by atoms with E-state index < -0.39 is 0 Å². The van der Waals surface area contributed by atoms with Crippen molar-refractivity contribution in [3.63, 3.8) is 0 Å². The minimum Gasteiger partial charge on any atom is -0.494 e. The van der Waals surface area contributed by atoms with Gasteiger partial charge in [0.05, 0.1) is 22.5 Å². The van der Waals surface area contributed by atoms with Gasteiger partial charge < -0.3 is 15.8 Å². The summed E-state index contributed by atoms with van der Waals surface area (Å²) in [6.07, 6.45) is 0.798. The Morgan fingerprint density at radius 1 is 1.20 bits per heavy atom. The second-order valence-electron chi connectivity index (χ2n) is 4.30. The third kappa shape index (κ3) is 4.13. The third-order valence-electron chi connectivity index (χ3n) is 2.74. The van der Waals surface area contributed by atoms with Gasteiger partial charge in [0.2, 0.25) is 0 Å². The lowest BCUT2D eigenvalue weighted by molar-refractivity contribution is 0.315. The lowest BCUT2D eigenvalue weighted by Crippen LogP contribution is -2.09. The van der Waals surface area contributed by atoms with Crippen LogP contribution in [0.4, 0.5) is 15.8 Å². The highest BCUT2D eigenvalue weighted by atomic mass is 79.9.